The van der Waals surface area contributed by atoms with Crippen molar-refractivity contribution in [1.82, 2.24) is 15.0 Å². The van der Waals surface area contributed by atoms with E-state index in [4.69, 9.17) is 5.73 Å². The summed E-state index contributed by atoms with van der Waals surface area (Å²) in [5.74, 6) is -0.477. The second-order valence-electron chi connectivity index (χ2n) is 4.66. The number of H-pyrrole nitrogens is 2. The summed E-state index contributed by atoms with van der Waals surface area (Å²) in [5.41, 5.74) is 7.34. The third-order valence-corrected chi connectivity index (χ3v) is 3.42. The molecule has 0 aliphatic heterocycles. The van der Waals surface area contributed by atoms with Crippen molar-refractivity contribution < 1.29 is 4.39 Å². The van der Waals surface area contributed by atoms with Crippen molar-refractivity contribution >= 4 is 17.0 Å². The molecular weight excluding hydrogens is 259 g/mol. The van der Waals surface area contributed by atoms with Gasteiger partial charge in [-0.15, -0.1) is 0 Å². The van der Waals surface area contributed by atoms with Crippen molar-refractivity contribution in [3.05, 3.63) is 57.8 Å². The van der Waals surface area contributed by atoms with Gasteiger partial charge in [0.1, 0.15) is 16.9 Å². The average Bonchev–Trinajstić information content (AvgIpc) is 2.82. The highest BCUT2D eigenvalue weighted by molar-refractivity contribution is 5.80. The van der Waals surface area contributed by atoms with Crippen LogP contribution in [0.25, 0.3) is 11.0 Å². The monoisotopic (exact) mass is 272 g/mol. The molecule has 1 unspecified atom stereocenters. The summed E-state index contributed by atoms with van der Waals surface area (Å²) in [6.07, 6.45) is 1.67. The largest absolute Gasteiger partial charge is 0.369 e. The van der Waals surface area contributed by atoms with Gasteiger partial charge in [0.05, 0.1) is 0 Å². The number of rotatable bonds is 2. The van der Waals surface area contributed by atoms with E-state index in [-0.39, 0.29) is 23.2 Å². The van der Waals surface area contributed by atoms with Gasteiger partial charge in [0.25, 0.3) is 5.56 Å². The smallest absolute Gasteiger partial charge is 0.276 e. The van der Waals surface area contributed by atoms with Gasteiger partial charge in [0.15, 0.2) is 0 Å². The zero-order valence-electron chi connectivity index (χ0n) is 10.8. The first-order valence-corrected chi connectivity index (χ1v) is 6.19. The molecule has 0 radical (unpaired) electrons. The number of nitrogens with one attached hydrogen (secondary N) is 2. The highest BCUT2D eigenvalue weighted by Crippen LogP contribution is 2.29. The Kier molecular flexibility index (Phi) is 2.78. The van der Waals surface area contributed by atoms with Crippen LogP contribution in [0.2, 0.25) is 0 Å². The Morgan fingerprint density at radius 1 is 1.30 bits per heavy atom. The Bertz CT molecular complexity index is 837. The van der Waals surface area contributed by atoms with Crippen LogP contribution in [-0.2, 0) is 0 Å². The van der Waals surface area contributed by atoms with Crippen molar-refractivity contribution in [2.45, 2.75) is 12.8 Å². The van der Waals surface area contributed by atoms with Crippen LogP contribution in [0.1, 0.15) is 24.0 Å². The molecule has 3 aromatic rings. The van der Waals surface area contributed by atoms with Gasteiger partial charge in [-0.1, -0.05) is 25.1 Å². The molecule has 0 saturated carbocycles. The second kappa shape index (κ2) is 4.48. The molecule has 0 bridgehead atoms. The Balaban J connectivity index is 2.20. The molecule has 6 heteroatoms. The van der Waals surface area contributed by atoms with E-state index in [1.807, 2.05) is 6.92 Å². The number of hydrogen-bond donors (Lipinski definition) is 3. The first-order chi connectivity index (χ1) is 9.58. The fourth-order valence-corrected chi connectivity index (χ4v) is 2.38. The first-order valence-electron chi connectivity index (χ1n) is 6.19. The fourth-order valence-electron chi connectivity index (χ4n) is 2.38. The van der Waals surface area contributed by atoms with Crippen LogP contribution in [0.15, 0.2) is 35.3 Å². The lowest BCUT2D eigenvalue weighted by Crippen LogP contribution is -2.11. The number of anilines is 1. The van der Waals surface area contributed by atoms with Crippen LogP contribution in [0, 0.1) is 5.82 Å². The van der Waals surface area contributed by atoms with Gasteiger partial charge in [-0.05, 0) is 11.6 Å². The maximum Gasteiger partial charge on any atom is 0.276 e. The molecule has 0 saturated heterocycles. The Morgan fingerprint density at radius 2 is 2.05 bits per heavy atom. The Labute approximate surface area is 113 Å². The highest BCUT2D eigenvalue weighted by atomic mass is 19.1. The maximum atomic E-state index is 13.9. The van der Waals surface area contributed by atoms with Crippen molar-refractivity contribution in [2.75, 3.05) is 5.73 Å². The second-order valence-corrected chi connectivity index (χ2v) is 4.66. The summed E-state index contributed by atoms with van der Waals surface area (Å²) in [4.78, 5) is 21.2. The quantitative estimate of drug-likeness (QED) is 0.667. The summed E-state index contributed by atoms with van der Waals surface area (Å²) < 4.78 is 13.9. The lowest BCUT2D eigenvalue weighted by Gasteiger charge is -2.11. The third-order valence-electron chi connectivity index (χ3n) is 3.42. The van der Waals surface area contributed by atoms with Gasteiger partial charge < -0.3 is 10.7 Å². The van der Waals surface area contributed by atoms with Crippen LogP contribution >= 0.6 is 0 Å². The lowest BCUT2D eigenvalue weighted by molar-refractivity contribution is 0.603. The van der Waals surface area contributed by atoms with Gasteiger partial charge in [0.2, 0.25) is 5.95 Å². The van der Waals surface area contributed by atoms with Gasteiger partial charge in [-0.25, -0.2) is 9.37 Å². The molecule has 0 aliphatic carbocycles. The minimum atomic E-state index is -0.334. The van der Waals surface area contributed by atoms with E-state index in [9.17, 15) is 9.18 Å². The number of aromatic nitrogens is 3. The number of aromatic amines is 2. The van der Waals surface area contributed by atoms with E-state index >= 15 is 0 Å². The van der Waals surface area contributed by atoms with Crippen LogP contribution < -0.4 is 11.3 Å². The summed E-state index contributed by atoms with van der Waals surface area (Å²) in [6, 6.07) is 6.55. The van der Waals surface area contributed by atoms with E-state index in [1.165, 1.54) is 6.07 Å². The molecule has 1 atom stereocenters. The van der Waals surface area contributed by atoms with E-state index in [1.54, 1.807) is 24.4 Å². The number of fused-ring (bicyclic) bond motifs is 1. The number of halogens is 1. The molecule has 0 aliphatic rings. The summed E-state index contributed by atoms with van der Waals surface area (Å²) in [7, 11) is 0. The fraction of sp³-hybridized carbons (Fsp3) is 0.143. The highest BCUT2D eigenvalue weighted by Gasteiger charge is 2.18. The summed E-state index contributed by atoms with van der Waals surface area (Å²) in [6.45, 7) is 1.86. The molecule has 1 aromatic carbocycles. The van der Waals surface area contributed by atoms with E-state index in [2.05, 4.69) is 15.0 Å². The molecule has 0 spiro atoms. The number of nitrogen functional groups attached to an aromatic ring is 1. The number of hydrogen-bond acceptors (Lipinski definition) is 3. The number of benzene rings is 1. The van der Waals surface area contributed by atoms with Crippen LogP contribution in [0.3, 0.4) is 0 Å². The lowest BCUT2D eigenvalue weighted by atomic mass is 9.94. The topological polar surface area (TPSA) is 87.6 Å². The van der Waals surface area contributed by atoms with E-state index in [0.29, 0.717) is 16.6 Å². The van der Waals surface area contributed by atoms with Crippen molar-refractivity contribution in [3.8, 4) is 0 Å². The number of nitrogens with two attached hydrogens (primary N) is 1. The third kappa shape index (κ3) is 1.85. The SMILES string of the molecule is CC(c1ccccc1F)c1c[nH]c2c(=O)[nH]c(N)nc12. The van der Waals surface area contributed by atoms with E-state index < -0.39 is 0 Å². The molecule has 3 rings (SSSR count). The minimum Gasteiger partial charge on any atom is -0.369 e. The van der Waals surface area contributed by atoms with Gasteiger partial charge in [0, 0.05) is 17.7 Å². The molecule has 102 valence electrons. The Morgan fingerprint density at radius 3 is 2.80 bits per heavy atom. The molecule has 5 nitrogen and oxygen atoms in total. The van der Waals surface area contributed by atoms with E-state index in [0.717, 1.165) is 5.56 Å². The normalized spacial score (nSPS) is 12.7. The molecule has 0 amide bonds. The summed E-state index contributed by atoms with van der Waals surface area (Å²) in [5, 5.41) is 0. The maximum absolute atomic E-state index is 13.9. The average molecular weight is 272 g/mol. The van der Waals surface area contributed by atoms with Crippen molar-refractivity contribution in [1.29, 1.82) is 0 Å². The van der Waals surface area contributed by atoms with Crippen LogP contribution in [0.5, 0.6) is 0 Å². The van der Waals surface area contributed by atoms with Gasteiger partial charge >= 0.3 is 0 Å². The van der Waals surface area contributed by atoms with Crippen LogP contribution in [0.4, 0.5) is 10.3 Å². The van der Waals surface area contributed by atoms with Crippen molar-refractivity contribution in [2.24, 2.45) is 0 Å². The zero-order valence-corrected chi connectivity index (χ0v) is 10.8. The van der Waals surface area contributed by atoms with Gasteiger partial charge in [-0.2, -0.15) is 0 Å². The Hall–Kier alpha value is -2.63. The standard InChI is InChI=1S/C14H13FN4O/c1-7(8-4-2-3-5-10(8)15)9-6-17-12-11(9)18-14(16)19-13(12)20/h2-7,17H,1H3,(H3,16,18,19,20). The first kappa shape index (κ1) is 12.4. The molecule has 2 aromatic heterocycles. The minimum absolute atomic E-state index is 0.0454. The molecular formula is C14H13FN4O. The number of nitrogens with zero attached hydrogens (tertiary/aromatic N) is 1. The van der Waals surface area contributed by atoms with Crippen molar-refractivity contribution in [3.63, 3.8) is 0 Å². The van der Waals surface area contributed by atoms with Gasteiger partial charge in [-0.3, -0.25) is 9.78 Å². The molecule has 20 heavy (non-hydrogen) atoms. The zero-order chi connectivity index (χ0) is 14.3. The predicted molar refractivity (Wildman–Crippen MR) is 75.0 cm³/mol. The molecule has 0 fully saturated rings. The predicted octanol–water partition coefficient (Wildman–Crippen LogP) is 2.12. The molecule has 2 heterocycles. The molecule has 4 N–H and O–H groups in total. The van der Waals surface area contributed by atoms with Crippen LogP contribution in [-0.4, -0.2) is 15.0 Å². The summed E-state index contributed by atoms with van der Waals surface area (Å²) >= 11 is 0.